The molecule has 3 rings (SSSR count). The number of hydrogen-bond acceptors (Lipinski definition) is 3. The summed E-state index contributed by atoms with van der Waals surface area (Å²) < 4.78 is 5.09. The third-order valence-electron chi connectivity index (χ3n) is 4.24. The number of benzene rings is 1. The van der Waals surface area contributed by atoms with Gasteiger partial charge in [0.15, 0.2) is 0 Å². The first kappa shape index (κ1) is 16.2. The van der Waals surface area contributed by atoms with Crippen LogP contribution in [0.3, 0.4) is 0 Å². The van der Waals surface area contributed by atoms with Gasteiger partial charge < -0.3 is 9.72 Å². The van der Waals surface area contributed by atoms with Gasteiger partial charge in [-0.3, -0.25) is 4.79 Å². The lowest BCUT2D eigenvalue weighted by molar-refractivity contribution is 0.399. The SMILES string of the molecule is COc1ccc2[nH]c(-c3ccc(C(C)(C)C)cc3C)cc(=O)c2n1. The molecule has 0 amide bonds. The zero-order valence-corrected chi connectivity index (χ0v) is 14.7. The Morgan fingerprint density at radius 1 is 1.08 bits per heavy atom. The molecule has 0 atom stereocenters. The van der Waals surface area contributed by atoms with Gasteiger partial charge in [-0.15, -0.1) is 0 Å². The number of aromatic nitrogens is 2. The highest BCUT2D eigenvalue weighted by Gasteiger charge is 2.15. The molecule has 24 heavy (non-hydrogen) atoms. The Morgan fingerprint density at radius 3 is 2.46 bits per heavy atom. The highest BCUT2D eigenvalue weighted by atomic mass is 16.5. The first-order valence-corrected chi connectivity index (χ1v) is 7.99. The molecule has 124 valence electrons. The summed E-state index contributed by atoms with van der Waals surface area (Å²) in [7, 11) is 1.54. The van der Waals surface area contributed by atoms with E-state index in [0.717, 1.165) is 16.8 Å². The lowest BCUT2D eigenvalue weighted by atomic mass is 9.85. The molecule has 0 saturated heterocycles. The van der Waals surface area contributed by atoms with Crippen molar-refractivity contribution in [3.8, 4) is 17.1 Å². The van der Waals surface area contributed by atoms with Gasteiger partial charge in [-0.1, -0.05) is 39.0 Å². The van der Waals surface area contributed by atoms with Crippen LogP contribution in [0.4, 0.5) is 0 Å². The first-order valence-electron chi connectivity index (χ1n) is 7.99. The lowest BCUT2D eigenvalue weighted by Crippen LogP contribution is -2.11. The molecule has 0 aliphatic rings. The average molecular weight is 322 g/mol. The van der Waals surface area contributed by atoms with Crippen LogP contribution in [-0.4, -0.2) is 17.1 Å². The highest BCUT2D eigenvalue weighted by Crippen LogP contribution is 2.28. The maximum Gasteiger partial charge on any atom is 0.213 e. The van der Waals surface area contributed by atoms with Crippen LogP contribution in [0.1, 0.15) is 31.9 Å². The number of fused-ring (bicyclic) bond motifs is 1. The average Bonchev–Trinajstić information content (AvgIpc) is 2.53. The van der Waals surface area contributed by atoms with Crippen LogP contribution in [-0.2, 0) is 5.41 Å². The smallest absolute Gasteiger partial charge is 0.213 e. The lowest BCUT2D eigenvalue weighted by Gasteiger charge is -2.20. The van der Waals surface area contributed by atoms with E-state index in [0.29, 0.717) is 16.9 Å². The van der Waals surface area contributed by atoms with Gasteiger partial charge >= 0.3 is 0 Å². The molecule has 0 radical (unpaired) electrons. The van der Waals surface area contributed by atoms with E-state index in [1.165, 1.54) is 12.7 Å². The van der Waals surface area contributed by atoms with E-state index < -0.39 is 0 Å². The molecule has 2 aromatic heterocycles. The molecular formula is C20H22N2O2. The third-order valence-corrected chi connectivity index (χ3v) is 4.24. The second-order valence-corrected chi connectivity index (χ2v) is 7.08. The summed E-state index contributed by atoms with van der Waals surface area (Å²) in [4.78, 5) is 20.0. The molecule has 0 saturated carbocycles. The van der Waals surface area contributed by atoms with Crippen molar-refractivity contribution in [2.24, 2.45) is 0 Å². The molecule has 0 bridgehead atoms. The van der Waals surface area contributed by atoms with Crippen molar-refractivity contribution in [3.05, 3.63) is 57.7 Å². The standard InChI is InChI=1S/C20H22N2O2/c1-12-10-13(20(2,3)4)6-7-14(12)16-11-17(23)19-15(21-16)8-9-18(22-19)24-5/h6-11H,1-5H3,(H,21,23). The third kappa shape index (κ3) is 2.92. The zero-order chi connectivity index (χ0) is 17.5. The molecule has 4 nitrogen and oxygen atoms in total. The van der Waals surface area contributed by atoms with Crippen LogP contribution in [0.5, 0.6) is 5.88 Å². The van der Waals surface area contributed by atoms with Crippen molar-refractivity contribution in [3.63, 3.8) is 0 Å². The number of pyridine rings is 2. The minimum Gasteiger partial charge on any atom is -0.481 e. The number of nitrogens with one attached hydrogen (secondary N) is 1. The second kappa shape index (κ2) is 5.78. The van der Waals surface area contributed by atoms with Crippen LogP contribution >= 0.6 is 0 Å². The Labute approximate surface area is 141 Å². The van der Waals surface area contributed by atoms with Gasteiger partial charge in [0.2, 0.25) is 11.3 Å². The van der Waals surface area contributed by atoms with Crippen molar-refractivity contribution in [1.82, 2.24) is 9.97 Å². The fourth-order valence-electron chi connectivity index (χ4n) is 2.80. The van der Waals surface area contributed by atoms with E-state index in [1.54, 1.807) is 12.1 Å². The van der Waals surface area contributed by atoms with Crippen molar-refractivity contribution >= 4 is 11.0 Å². The second-order valence-electron chi connectivity index (χ2n) is 7.08. The summed E-state index contributed by atoms with van der Waals surface area (Å²) in [6.07, 6.45) is 0. The number of H-pyrrole nitrogens is 1. The van der Waals surface area contributed by atoms with Gasteiger partial charge in [-0.25, -0.2) is 4.98 Å². The minimum atomic E-state index is -0.114. The molecule has 0 fully saturated rings. The van der Waals surface area contributed by atoms with Crippen LogP contribution < -0.4 is 10.2 Å². The quantitative estimate of drug-likeness (QED) is 0.769. The molecule has 3 aromatic rings. The summed E-state index contributed by atoms with van der Waals surface area (Å²) in [5.74, 6) is 0.437. The van der Waals surface area contributed by atoms with Crippen LogP contribution in [0.2, 0.25) is 0 Å². The first-order chi connectivity index (χ1) is 11.3. The van der Waals surface area contributed by atoms with E-state index in [4.69, 9.17) is 4.74 Å². The largest absolute Gasteiger partial charge is 0.481 e. The van der Waals surface area contributed by atoms with Crippen LogP contribution in [0.15, 0.2) is 41.2 Å². The van der Waals surface area contributed by atoms with Gasteiger partial charge in [0.1, 0.15) is 5.52 Å². The fraction of sp³-hybridized carbons (Fsp3) is 0.300. The number of ether oxygens (including phenoxy) is 1. The molecular weight excluding hydrogens is 300 g/mol. The summed E-state index contributed by atoms with van der Waals surface area (Å²) in [5.41, 5.74) is 5.32. The fourth-order valence-corrected chi connectivity index (χ4v) is 2.80. The monoisotopic (exact) mass is 322 g/mol. The number of methoxy groups -OCH3 is 1. The summed E-state index contributed by atoms with van der Waals surface area (Å²) in [6, 6.07) is 11.6. The van der Waals surface area contributed by atoms with Gasteiger partial charge in [0.25, 0.3) is 0 Å². The Bertz CT molecular complexity index is 966. The number of aromatic amines is 1. The topological polar surface area (TPSA) is 55.0 Å². The van der Waals surface area contributed by atoms with E-state index in [2.05, 4.69) is 55.9 Å². The Balaban J connectivity index is 2.15. The summed E-state index contributed by atoms with van der Waals surface area (Å²) in [6.45, 7) is 8.65. The van der Waals surface area contributed by atoms with Gasteiger partial charge in [0, 0.05) is 17.7 Å². The number of hydrogen-bond donors (Lipinski definition) is 1. The molecule has 0 spiro atoms. The normalized spacial score (nSPS) is 11.7. The van der Waals surface area contributed by atoms with E-state index in [9.17, 15) is 4.79 Å². The molecule has 1 aromatic carbocycles. The number of rotatable bonds is 2. The van der Waals surface area contributed by atoms with Gasteiger partial charge in [-0.2, -0.15) is 0 Å². The molecule has 2 heterocycles. The predicted octanol–water partition coefficient (Wildman–Crippen LogP) is 4.20. The minimum absolute atomic E-state index is 0.0978. The van der Waals surface area contributed by atoms with E-state index in [1.807, 2.05) is 6.07 Å². The van der Waals surface area contributed by atoms with E-state index >= 15 is 0 Å². The number of nitrogens with zero attached hydrogens (tertiary/aromatic N) is 1. The summed E-state index contributed by atoms with van der Waals surface area (Å²) in [5, 5.41) is 0. The Morgan fingerprint density at radius 2 is 1.83 bits per heavy atom. The maximum absolute atomic E-state index is 12.4. The van der Waals surface area contributed by atoms with Crippen molar-refractivity contribution < 1.29 is 4.74 Å². The molecule has 0 unspecified atom stereocenters. The molecule has 0 aliphatic heterocycles. The van der Waals surface area contributed by atoms with E-state index in [-0.39, 0.29) is 10.8 Å². The molecule has 4 heteroatoms. The maximum atomic E-state index is 12.4. The predicted molar refractivity (Wildman–Crippen MR) is 97.8 cm³/mol. The van der Waals surface area contributed by atoms with Crippen LogP contribution in [0, 0.1) is 6.92 Å². The van der Waals surface area contributed by atoms with Crippen LogP contribution in [0.25, 0.3) is 22.3 Å². The number of aryl methyl sites for hydroxylation is 1. The van der Waals surface area contributed by atoms with Gasteiger partial charge in [0.05, 0.1) is 18.3 Å². The van der Waals surface area contributed by atoms with Crippen molar-refractivity contribution in [1.29, 1.82) is 0 Å². The summed E-state index contributed by atoms with van der Waals surface area (Å²) >= 11 is 0. The van der Waals surface area contributed by atoms with Gasteiger partial charge in [-0.05, 0) is 29.5 Å². The van der Waals surface area contributed by atoms with Crippen molar-refractivity contribution in [2.75, 3.05) is 7.11 Å². The Hall–Kier alpha value is -2.62. The molecule has 0 aliphatic carbocycles. The Kier molecular flexibility index (Phi) is 3.91. The van der Waals surface area contributed by atoms with Crippen molar-refractivity contribution in [2.45, 2.75) is 33.1 Å². The highest BCUT2D eigenvalue weighted by molar-refractivity contribution is 5.79. The zero-order valence-electron chi connectivity index (χ0n) is 14.7. The molecule has 1 N–H and O–H groups in total.